The first-order chi connectivity index (χ1) is 13.4. The third kappa shape index (κ3) is 5.31. The lowest BCUT2D eigenvalue weighted by Gasteiger charge is -2.12. The standard InChI is InChI=1S/C16H16F3N3O5S2/c1-11-4-6-12(7-5-11)29(26,27)22-10-9-20-14(23)13-3-2-8-21-15(13)28(24,25)16(17,18)19/h2-8,22H,9-10H2,1H3,(H,20,23). The molecule has 0 fully saturated rings. The van der Waals surface area contributed by atoms with E-state index in [9.17, 15) is 34.8 Å². The van der Waals surface area contributed by atoms with Crippen molar-refractivity contribution in [3.63, 3.8) is 0 Å². The SMILES string of the molecule is Cc1ccc(S(=O)(=O)NCCNC(=O)c2cccnc2S(=O)(=O)C(F)(F)F)cc1. The number of amides is 1. The lowest BCUT2D eigenvalue weighted by atomic mass is 10.2. The van der Waals surface area contributed by atoms with Gasteiger partial charge in [0.05, 0.1) is 10.5 Å². The van der Waals surface area contributed by atoms with Crippen LogP contribution >= 0.6 is 0 Å². The van der Waals surface area contributed by atoms with E-state index in [0.717, 1.165) is 23.9 Å². The van der Waals surface area contributed by atoms with Gasteiger partial charge in [0.25, 0.3) is 15.7 Å². The van der Waals surface area contributed by atoms with Gasteiger partial charge in [0.15, 0.2) is 5.03 Å². The third-order valence-corrected chi connectivity index (χ3v) is 6.53. The molecule has 158 valence electrons. The maximum atomic E-state index is 12.8. The van der Waals surface area contributed by atoms with Gasteiger partial charge < -0.3 is 5.32 Å². The molecule has 0 saturated heterocycles. The molecule has 13 heteroatoms. The summed E-state index contributed by atoms with van der Waals surface area (Å²) in [5.41, 5.74) is -5.57. The number of nitrogens with one attached hydrogen (secondary N) is 2. The fourth-order valence-electron chi connectivity index (χ4n) is 2.14. The van der Waals surface area contributed by atoms with Crippen LogP contribution in [0.3, 0.4) is 0 Å². The molecule has 0 radical (unpaired) electrons. The van der Waals surface area contributed by atoms with Crippen molar-refractivity contribution in [3.8, 4) is 0 Å². The smallest absolute Gasteiger partial charge is 0.351 e. The van der Waals surface area contributed by atoms with Crippen LogP contribution in [0.15, 0.2) is 52.5 Å². The molecule has 29 heavy (non-hydrogen) atoms. The number of carbonyl (C=O) groups is 1. The van der Waals surface area contributed by atoms with E-state index in [2.05, 4.69) is 15.0 Å². The molecule has 2 aromatic rings. The second-order valence-electron chi connectivity index (χ2n) is 5.77. The second-order valence-corrected chi connectivity index (χ2v) is 9.40. The average molecular weight is 451 g/mol. The number of alkyl halides is 3. The zero-order chi connectivity index (χ0) is 21.9. The average Bonchev–Trinajstić information content (AvgIpc) is 2.64. The van der Waals surface area contributed by atoms with Gasteiger partial charge >= 0.3 is 5.51 Å². The molecule has 0 aliphatic rings. The highest BCUT2D eigenvalue weighted by atomic mass is 32.2. The van der Waals surface area contributed by atoms with Gasteiger partial charge in [-0.2, -0.15) is 13.2 Å². The van der Waals surface area contributed by atoms with Crippen LogP contribution in [0, 0.1) is 6.92 Å². The molecule has 1 aromatic heterocycles. The van der Waals surface area contributed by atoms with Crippen LogP contribution in [-0.2, 0) is 19.9 Å². The van der Waals surface area contributed by atoms with Crippen molar-refractivity contribution in [2.24, 2.45) is 0 Å². The van der Waals surface area contributed by atoms with Gasteiger partial charge in [0.1, 0.15) is 0 Å². The van der Waals surface area contributed by atoms with Crippen LogP contribution in [0.2, 0.25) is 0 Å². The number of benzene rings is 1. The Balaban J connectivity index is 2.05. The van der Waals surface area contributed by atoms with Crippen molar-refractivity contribution >= 4 is 25.8 Å². The van der Waals surface area contributed by atoms with Crippen LogP contribution in [-0.4, -0.2) is 46.3 Å². The van der Waals surface area contributed by atoms with Gasteiger partial charge in [-0.3, -0.25) is 4.79 Å². The maximum absolute atomic E-state index is 12.8. The molecule has 1 amide bonds. The van der Waals surface area contributed by atoms with E-state index in [4.69, 9.17) is 0 Å². The van der Waals surface area contributed by atoms with Gasteiger partial charge in [-0.25, -0.2) is 26.5 Å². The van der Waals surface area contributed by atoms with Gasteiger partial charge in [0.2, 0.25) is 10.0 Å². The summed E-state index contributed by atoms with van der Waals surface area (Å²) in [5, 5.41) is 0.733. The van der Waals surface area contributed by atoms with Crippen molar-refractivity contribution < 1.29 is 34.8 Å². The van der Waals surface area contributed by atoms with Crippen molar-refractivity contribution in [3.05, 3.63) is 53.7 Å². The number of sulfone groups is 1. The predicted octanol–water partition coefficient (Wildman–Crippen LogP) is 1.39. The van der Waals surface area contributed by atoms with Crippen molar-refractivity contribution in [2.45, 2.75) is 22.4 Å². The Morgan fingerprint density at radius 3 is 2.24 bits per heavy atom. The molecule has 2 N–H and O–H groups in total. The van der Waals surface area contributed by atoms with E-state index in [1.807, 2.05) is 0 Å². The molecule has 0 spiro atoms. The first kappa shape index (κ1) is 22.8. The van der Waals surface area contributed by atoms with E-state index in [1.54, 1.807) is 19.1 Å². The van der Waals surface area contributed by atoms with E-state index < -0.39 is 41.9 Å². The Morgan fingerprint density at radius 1 is 1.03 bits per heavy atom. The number of halogens is 3. The van der Waals surface area contributed by atoms with Crippen molar-refractivity contribution in [1.29, 1.82) is 0 Å². The molecule has 0 bridgehead atoms. The Kier molecular flexibility index (Phi) is 6.65. The number of rotatable bonds is 7. The first-order valence-electron chi connectivity index (χ1n) is 7.97. The number of aryl methyl sites for hydroxylation is 1. The van der Waals surface area contributed by atoms with E-state index in [1.165, 1.54) is 12.1 Å². The number of pyridine rings is 1. The Bertz CT molecular complexity index is 1100. The fourth-order valence-corrected chi connectivity index (χ4v) is 4.05. The minimum atomic E-state index is -5.83. The number of nitrogens with zero attached hydrogens (tertiary/aromatic N) is 1. The molecule has 8 nitrogen and oxygen atoms in total. The normalized spacial score (nSPS) is 12.6. The Hall–Kier alpha value is -2.51. The highest BCUT2D eigenvalue weighted by Crippen LogP contribution is 2.30. The largest absolute Gasteiger partial charge is 0.503 e. The summed E-state index contributed by atoms with van der Waals surface area (Å²) >= 11 is 0. The van der Waals surface area contributed by atoms with E-state index in [0.29, 0.717) is 0 Å². The molecule has 0 unspecified atom stereocenters. The lowest BCUT2D eigenvalue weighted by Crippen LogP contribution is -2.36. The van der Waals surface area contributed by atoms with Crippen LogP contribution in [0.25, 0.3) is 0 Å². The van der Waals surface area contributed by atoms with E-state index >= 15 is 0 Å². The third-order valence-electron chi connectivity index (χ3n) is 3.61. The zero-order valence-electron chi connectivity index (χ0n) is 14.9. The molecule has 0 atom stereocenters. The summed E-state index contributed by atoms with van der Waals surface area (Å²) in [7, 11) is -9.68. The Labute approximate surface area is 165 Å². The minimum Gasteiger partial charge on any atom is -0.351 e. The quantitative estimate of drug-likeness (QED) is 0.614. The summed E-state index contributed by atoms with van der Waals surface area (Å²) in [6.07, 6.45) is 0.811. The minimum absolute atomic E-state index is 0.000225. The van der Waals surface area contributed by atoms with E-state index in [-0.39, 0.29) is 18.0 Å². The summed E-state index contributed by atoms with van der Waals surface area (Å²) in [4.78, 5) is 15.3. The van der Waals surface area contributed by atoms with Gasteiger partial charge in [-0.15, -0.1) is 0 Å². The molecule has 2 rings (SSSR count). The number of carbonyl (C=O) groups excluding carboxylic acids is 1. The predicted molar refractivity (Wildman–Crippen MR) is 96.2 cm³/mol. The molecule has 0 aliphatic heterocycles. The van der Waals surface area contributed by atoms with Crippen molar-refractivity contribution in [1.82, 2.24) is 15.0 Å². The lowest BCUT2D eigenvalue weighted by molar-refractivity contribution is -0.0438. The molecular weight excluding hydrogens is 435 g/mol. The highest BCUT2D eigenvalue weighted by Gasteiger charge is 2.49. The monoisotopic (exact) mass is 451 g/mol. The number of aromatic nitrogens is 1. The summed E-state index contributed by atoms with van der Waals surface area (Å²) in [6.45, 7) is 1.21. The van der Waals surface area contributed by atoms with Crippen molar-refractivity contribution in [2.75, 3.05) is 13.1 Å². The van der Waals surface area contributed by atoms with Crippen LogP contribution in [0.4, 0.5) is 13.2 Å². The number of hydrogen-bond acceptors (Lipinski definition) is 6. The maximum Gasteiger partial charge on any atom is 0.503 e. The van der Waals surface area contributed by atoms with Crippen LogP contribution < -0.4 is 10.0 Å². The molecule has 0 saturated carbocycles. The molecular formula is C16H16F3N3O5S2. The molecule has 1 aromatic carbocycles. The van der Waals surface area contributed by atoms with Crippen LogP contribution in [0.5, 0.6) is 0 Å². The fraction of sp³-hybridized carbons (Fsp3) is 0.250. The summed E-state index contributed by atoms with van der Waals surface area (Å²) in [6, 6.07) is 7.95. The Morgan fingerprint density at radius 2 is 1.66 bits per heavy atom. The van der Waals surface area contributed by atoms with Gasteiger partial charge in [-0.05, 0) is 31.2 Å². The number of sulfonamides is 1. The van der Waals surface area contributed by atoms with Crippen LogP contribution in [0.1, 0.15) is 15.9 Å². The molecule has 1 heterocycles. The second kappa shape index (κ2) is 8.47. The number of hydrogen-bond donors (Lipinski definition) is 2. The topological polar surface area (TPSA) is 122 Å². The molecule has 0 aliphatic carbocycles. The summed E-state index contributed by atoms with van der Waals surface area (Å²) in [5.74, 6) is -1.14. The van der Waals surface area contributed by atoms with Gasteiger partial charge in [0, 0.05) is 19.3 Å². The summed E-state index contributed by atoms with van der Waals surface area (Å²) < 4.78 is 87.8. The van der Waals surface area contributed by atoms with Gasteiger partial charge in [-0.1, -0.05) is 17.7 Å². The highest BCUT2D eigenvalue weighted by molar-refractivity contribution is 7.92. The first-order valence-corrected chi connectivity index (χ1v) is 10.9. The zero-order valence-corrected chi connectivity index (χ0v) is 16.5.